The zero-order chi connectivity index (χ0) is 17.1. The summed E-state index contributed by atoms with van der Waals surface area (Å²) in [5.74, 6) is 1.77. The molecule has 0 saturated heterocycles. The minimum Gasteiger partial charge on any atom is -0.490 e. The second-order valence-electron chi connectivity index (χ2n) is 6.36. The van der Waals surface area contributed by atoms with Crippen LogP contribution in [0.2, 0.25) is 0 Å². The van der Waals surface area contributed by atoms with Crippen molar-refractivity contribution >= 4 is 17.2 Å². The fourth-order valence-corrected chi connectivity index (χ4v) is 3.55. The average Bonchev–Trinajstić information content (AvgIpc) is 2.86. The van der Waals surface area contributed by atoms with Gasteiger partial charge in [-0.1, -0.05) is 19.9 Å². The van der Waals surface area contributed by atoms with Crippen molar-refractivity contribution in [3.8, 4) is 11.5 Å². The first kappa shape index (κ1) is 16.8. The smallest absolute Gasteiger partial charge is 0.261 e. The van der Waals surface area contributed by atoms with Crippen molar-refractivity contribution < 1.29 is 14.3 Å². The van der Waals surface area contributed by atoms with Gasteiger partial charge in [0.25, 0.3) is 5.91 Å². The van der Waals surface area contributed by atoms with Crippen molar-refractivity contribution in [2.24, 2.45) is 5.92 Å². The summed E-state index contributed by atoms with van der Waals surface area (Å²) >= 11 is 1.51. The van der Waals surface area contributed by atoms with E-state index in [1.165, 1.54) is 11.3 Å². The van der Waals surface area contributed by atoms with E-state index in [-0.39, 0.29) is 17.9 Å². The molecular formula is C19H23NO3S. The number of ether oxygens (including phenoxy) is 2. The molecule has 0 radical (unpaired) electrons. The van der Waals surface area contributed by atoms with Gasteiger partial charge in [-0.25, -0.2) is 0 Å². The van der Waals surface area contributed by atoms with Gasteiger partial charge in [-0.05, 0) is 42.7 Å². The second kappa shape index (κ2) is 7.26. The van der Waals surface area contributed by atoms with Gasteiger partial charge in [0.2, 0.25) is 0 Å². The Morgan fingerprint density at radius 3 is 2.54 bits per heavy atom. The molecule has 1 atom stereocenters. The highest BCUT2D eigenvalue weighted by Gasteiger charge is 2.22. The standard InChI is InChI=1S/C19H23NO3S/c1-12(2)18(20-19(21)17-8-5-13(3)24-17)14-6-7-15-16(11-14)23-10-4-9-22-15/h5-8,11-12,18H,4,9-10H2,1-3H3,(H,20,21). The number of rotatable bonds is 4. The van der Waals surface area contributed by atoms with Crippen LogP contribution in [0.3, 0.4) is 0 Å². The van der Waals surface area contributed by atoms with Crippen LogP contribution in [-0.4, -0.2) is 19.1 Å². The third-order valence-corrected chi connectivity index (χ3v) is 5.05. The summed E-state index contributed by atoms with van der Waals surface area (Å²) in [6.45, 7) is 7.55. The van der Waals surface area contributed by atoms with E-state index in [2.05, 4.69) is 19.2 Å². The number of amides is 1. The minimum absolute atomic E-state index is 0.0288. The van der Waals surface area contributed by atoms with Crippen LogP contribution < -0.4 is 14.8 Å². The third kappa shape index (κ3) is 3.73. The molecule has 1 aliphatic heterocycles. The molecule has 1 unspecified atom stereocenters. The number of benzene rings is 1. The maximum absolute atomic E-state index is 12.5. The van der Waals surface area contributed by atoms with Crippen molar-refractivity contribution in [1.29, 1.82) is 0 Å². The molecule has 2 heterocycles. The highest BCUT2D eigenvalue weighted by molar-refractivity contribution is 7.13. The SMILES string of the molecule is Cc1ccc(C(=O)NC(c2ccc3c(c2)OCCCO3)C(C)C)s1. The Labute approximate surface area is 146 Å². The lowest BCUT2D eigenvalue weighted by molar-refractivity contribution is 0.0929. The molecule has 0 spiro atoms. The molecule has 1 amide bonds. The summed E-state index contributed by atoms with van der Waals surface area (Å²) in [6.07, 6.45) is 0.881. The Morgan fingerprint density at radius 2 is 1.88 bits per heavy atom. The van der Waals surface area contributed by atoms with Crippen molar-refractivity contribution in [2.75, 3.05) is 13.2 Å². The van der Waals surface area contributed by atoms with Gasteiger partial charge in [0.15, 0.2) is 11.5 Å². The predicted octanol–water partition coefficient (Wildman–Crippen LogP) is 4.34. The Bertz CT molecular complexity index is 723. The van der Waals surface area contributed by atoms with E-state index < -0.39 is 0 Å². The molecule has 0 aliphatic carbocycles. The van der Waals surface area contributed by atoms with Crippen molar-refractivity contribution in [1.82, 2.24) is 5.32 Å². The van der Waals surface area contributed by atoms with E-state index in [4.69, 9.17) is 9.47 Å². The Balaban J connectivity index is 1.83. The molecule has 1 N–H and O–H groups in total. The van der Waals surface area contributed by atoms with Crippen LogP contribution in [0, 0.1) is 12.8 Å². The molecule has 0 fully saturated rings. The summed E-state index contributed by atoms with van der Waals surface area (Å²) in [5, 5.41) is 3.16. The number of hydrogen-bond donors (Lipinski definition) is 1. The number of aryl methyl sites for hydroxylation is 1. The number of carbonyl (C=O) groups is 1. The van der Waals surface area contributed by atoms with Gasteiger partial charge in [-0.15, -0.1) is 11.3 Å². The van der Waals surface area contributed by atoms with E-state index in [1.54, 1.807) is 0 Å². The highest BCUT2D eigenvalue weighted by Crippen LogP contribution is 2.34. The quantitative estimate of drug-likeness (QED) is 0.896. The van der Waals surface area contributed by atoms with E-state index in [0.717, 1.165) is 33.2 Å². The monoisotopic (exact) mass is 345 g/mol. The lowest BCUT2D eigenvalue weighted by Gasteiger charge is -2.23. The Morgan fingerprint density at radius 1 is 1.12 bits per heavy atom. The molecule has 3 rings (SSSR count). The zero-order valence-corrected chi connectivity index (χ0v) is 15.1. The zero-order valence-electron chi connectivity index (χ0n) is 14.3. The number of fused-ring (bicyclic) bond motifs is 1. The van der Waals surface area contributed by atoms with E-state index in [9.17, 15) is 4.79 Å². The fourth-order valence-electron chi connectivity index (χ4n) is 2.78. The molecule has 128 valence electrons. The van der Waals surface area contributed by atoms with Crippen LogP contribution in [-0.2, 0) is 0 Å². The molecule has 24 heavy (non-hydrogen) atoms. The van der Waals surface area contributed by atoms with Crippen LogP contribution >= 0.6 is 11.3 Å². The molecule has 0 bridgehead atoms. The van der Waals surface area contributed by atoms with Gasteiger partial charge in [-0.2, -0.15) is 0 Å². The van der Waals surface area contributed by atoms with Gasteiger partial charge in [0, 0.05) is 11.3 Å². The number of thiophene rings is 1. The summed E-state index contributed by atoms with van der Waals surface area (Å²) in [4.78, 5) is 14.4. The predicted molar refractivity (Wildman–Crippen MR) is 96.2 cm³/mol. The van der Waals surface area contributed by atoms with Crippen LogP contribution in [0.4, 0.5) is 0 Å². The van der Waals surface area contributed by atoms with Gasteiger partial charge < -0.3 is 14.8 Å². The van der Waals surface area contributed by atoms with Gasteiger partial charge >= 0.3 is 0 Å². The lowest BCUT2D eigenvalue weighted by atomic mass is 9.95. The van der Waals surface area contributed by atoms with E-state index in [0.29, 0.717) is 13.2 Å². The van der Waals surface area contributed by atoms with E-state index in [1.807, 2.05) is 37.3 Å². The first-order valence-electron chi connectivity index (χ1n) is 8.31. The van der Waals surface area contributed by atoms with Gasteiger partial charge in [-0.3, -0.25) is 4.79 Å². The van der Waals surface area contributed by atoms with E-state index >= 15 is 0 Å². The molecule has 5 heteroatoms. The Hall–Kier alpha value is -2.01. The molecular weight excluding hydrogens is 322 g/mol. The minimum atomic E-state index is -0.0722. The number of hydrogen-bond acceptors (Lipinski definition) is 4. The van der Waals surface area contributed by atoms with Crippen molar-refractivity contribution in [2.45, 2.75) is 33.2 Å². The largest absolute Gasteiger partial charge is 0.490 e. The normalized spacial score (nSPS) is 15.0. The Kier molecular flexibility index (Phi) is 5.09. The van der Waals surface area contributed by atoms with Crippen LogP contribution in [0.15, 0.2) is 30.3 Å². The third-order valence-electron chi connectivity index (χ3n) is 4.05. The lowest BCUT2D eigenvalue weighted by Crippen LogP contribution is -2.31. The maximum atomic E-state index is 12.5. The molecule has 2 aromatic rings. The highest BCUT2D eigenvalue weighted by atomic mass is 32.1. The number of carbonyl (C=O) groups excluding carboxylic acids is 1. The van der Waals surface area contributed by atoms with Crippen LogP contribution in [0.1, 0.15) is 46.4 Å². The van der Waals surface area contributed by atoms with Crippen molar-refractivity contribution in [3.63, 3.8) is 0 Å². The summed E-state index contributed by atoms with van der Waals surface area (Å²) in [7, 11) is 0. The first-order chi connectivity index (χ1) is 11.5. The van der Waals surface area contributed by atoms with Crippen LogP contribution in [0.25, 0.3) is 0 Å². The molecule has 1 aromatic carbocycles. The summed E-state index contributed by atoms with van der Waals surface area (Å²) in [6, 6.07) is 9.71. The van der Waals surface area contributed by atoms with Crippen LogP contribution in [0.5, 0.6) is 11.5 Å². The van der Waals surface area contributed by atoms with Crippen molar-refractivity contribution in [3.05, 3.63) is 45.6 Å². The molecule has 1 aliphatic rings. The maximum Gasteiger partial charge on any atom is 0.261 e. The molecule has 4 nitrogen and oxygen atoms in total. The molecule has 0 saturated carbocycles. The number of nitrogens with one attached hydrogen (secondary N) is 1. The first-order valence-corrected chi connectivity index (χ1v) is 9.13. The fraction of sp³-hybridized carbons (Fsp3) is 0.421. The van der Waals surface area contributed by atoms with Gasteiger partial charge in [0.1, 0.15) is 0 Å². The second-order valence-corrected chi connectivity index (χ2v) is 7.65. The summed E-state index contributed by atoms with van der Waals surface area (Å²) in [5.41, 5.74) is 1.04. The topological polar surface area (TPSA) is 47.6 Å². The summed E-state index contributed by atoms with van der Waals surface area (Å²) < 4.78 is 11.5. The average molecular weight is 345 g/mol. The molecule has 1 aromatic heterocycles. The van der Waals surface area contributed by atoms with Gasteiger partial charge in [0.05, 0.1) is 24.1 Å².